The monoisotopic (exact) mass is 545 g/mol. The standard InChI is InChI=1S/C29H39NO7S/c1-5-38(33)22-28(31)30(17-16-23-14-15-26(34-2)27(19-23)35-3)20-25(29(32)36-4)13-9-10-18-37-21-24-11-7-6-8-12-24/h6-8,11-12,14-15,19-20H,5,9-10,13,16-18,21-22H2,1-4H3/b25-20+. The zero-order valence-electron chi connectivity index (χ0n) is 22.8. The Morgan fingerprint density at radius 2 is 1.68 bits per heavy atom. The lowest BCUT2D eigenvalue weighted by molar-refractivity contribution is -0.136. The van der Waals surface area contributed by atoms with Gasteiger partial charge in [-0.1, -0.05) is 43.3 Å². The molecule has 0 fully saturated rings. The Morgan fingerprint density at radius 3 is 2.34 bits per heavy atom. The molecule has 0 heterocycles. The number of rotatable bonds is 17. The van der Waals surface area contributed by atoms with Crippen LogP contribution in [0.1, 0.15) is 37.3 Å². The van der Waals surface area contributed by atoms with E-state index in [2.05, 4.69) is 0 Å². The first-order chi connectivity index (χ1) is 18.4. The number of hydrogen-bond donors (Lipinski definition) is 0. The van der Waals surface area contributed by atoms with Crippen LogP contribution < -0.4 is 9.47 Å². The van der Waals surface area contributed by atoms with Crippen LogP contribution in [0, 0.1) is 0 Å². The molecule has 2 rings (SSSR count). The Labute approximate surface area is 228 Å². The Bertz CT molecular complexity index is 1070. The number of hydrogen-bond acceptors (Lipinski definition) is 7. The molecule has 0 aliphatic carbocycles. The number of esters is 1. The molecular formula is C29H39NO7S. The molecule has 208 valence electrons. The van der Waals surface area contributed by atoms with Gasteiger partial charge in [0.25, 0.3) is 0 Å². The van der Waals surface area contributed by atoms with Gasteiger partial charge in [-0.05, 0) is 48.9 Å². The molecule has 2 aromatic rings. The van der Waals surface area contributed by atoms with Gasteiger partial charge >= 0.3 is 5.97 Å². The van der Waals surface area contributed by atoms with Crippen molar-refractivity contribution in [2.45, 2.75) is 39.2 Å². The predicted octanol–water partition coefficient (Wildman–Crippen LogP) is 4.29. The van der Waals surface area contributed by atoms with Gasteiger partial charge < -0.3 is 23.8 Å². The summed E-state index contributed by atoms with van der Waals surface area (Å²) in [4.78, 5) is 27.0. The summed E-state index contributed by atoms with van der Waals surface area (Å²) < 4.78 is 33.5. The third kappa shape index (κ3) is 10.7. The SMILES string of the molecule is CCS(=O)CC(=O)N(/C=C(\CCCCOCc1ccccc1)C(=O)OC)CCc1ccc(OC)c(OC)c1. The highest BCUT2D eigenvalue weighted by Gasteiger charge is 2.19. The lowest BCUT2D eigenvalue weighted by Gasteiger charge is -2.20. The molecule has 1 amide bonds. The average Bonchev–Trinajstić information content (AvgIpc) is 2.95. The molecule has 0 aromatic heterocycles. The van der Waals surface area contributed by atoms with Gasteiger partial charge in [-0.3, -0.25) is 9.00 Å². The molecular weight excluding hydrogens is 506 g/mol. The number of carbonyl (C=O) groups excluding carboxylic acids is 2. The highest BCUT2D eigenvalue weighted by atomic mass is 32.2. The van der Waals surface area contributed by atoms with Crippen molar-refractivity contribution in [1.82, 2.24) is 4.90 Å². The van der Waals surface area contributed by atoms with Crippen molar-refractivity contribution in [2.75, 3.05) is 46.0 Å². The normalized spacial score (nSPS) is 12.1. The largest absolute Gasteiger partial charge is 0.493 e. The van der Waals surface area contributed by atoms with Crippen molar-refractivity contribution in [2.24, 2.45) is 0 Å². The van der Waals surface area contributed by atoms with E-state index in [0.717, 1.165) is 17.5 Å². The second-order valence-electron chi connectivity index (χ2n) is 8.54. The molecule has 9 heteroatoms. The fourth-order valence-corrected chi connectivity index (χ4v) is 4.34. The summed E-state index contributed by atoms with van der Waals surface area (Å²) >= 11 is 0. The molecule has 8 nitrogen and oxygen atoms in total. The Morgan fingerprint density at radius 1 is 0.947 bits per heavy atom. The second-order valence-corrected chi connectivity index (χ2v) is 10.3. The molecule has 0 radical (unpaired) electrons. The molecule has 0 spiro atoms. The van der Waals surface area contributed by atoms with E-state index < -0.39 is 16.8 Å². The van der Waals surface area contributed by atoms with Crippen LogP contribution in [-0.2, 0) is 42.9 Å². The van der Waals surface area contributed by atoms with Gasteiger partial charge in [0.05, 0.1) is 33.5 Å². The van der Waals surface area contributed by atoms with Gasteiger partial charge in [0.15, 0.2) is 11.5 Å². The third-order valence-electron chi connectivity index (χ3n) is 5.87. The fourth-order valence-electron chi connectivity index (χ4n) is 3.69. The van der Waals surface area contributed by atoms with Crippen LogP contribution in [0.4, 0.5) is 0 Å². The van der Waals surface area contributed by atoms with Gasteiger partial charge in [-0.15, -0.1) is 0 Å². The van der Waals surface area contributed by atoms with Gasteiger partial charge in [0, 0.05) is 35.9 Å². The average molecular weight is 546 g/mol. The van der Waals surface area contributed by atoms with Crippen molar-refractivity contribution < 1.29 is 32.7 Å². The van der Waals surface area contributed by atoms with Gasteiger partial charge in [0.1, 0.15) is 5.75 Å². The Kier molecular flexibility index (Phi) is 14.2. The number of methoxy groups -OCH3 is 3. The van der Waals surface area contributed by atoms with Crippen molar-refractivity contribution in [3.63, 3.8) is 0 Å². The van der Waals surface area contributed by atoms with E-state index in [-0.39, 0.29) is 11.7 Å². The minimum absolute atomic E-state index is 0.110. The summed E-state index contributed by atoms with van der Waals surface area (Å²) in [6, 6.07) is 15.5. The van der Waals surface area contributed by atoms with Crippen molar-refractivity contribution >= 4 is 22.7 Å². The minimum Gasteiger partial charge on any atom is -0.493 e. The number of unbranched alkanes of at least 4 members (excludes halogenated alkanes) is 1. The molecule has 0 bridgehead atoms. The van der Waals surface area contributed by atoms with Crippen LogP contribution in [0.3, 0.4) is 0 Å². The molecule has 38 heavy (non-hydrogen) atoms. The van der Waals surface area contributed by atoms with Crippen LogP contribution in [0.2, 0.25) is 0 Å². The number of amides is 1. The van der Waals surface area contributed by atoms with E-state index in [0.29, 0.717) is 61.8 Å². The third-order valence-corrected chi connectivity index (χ3v) is 7.08. The number of nitrogens with zero attached hydrogens (tertiary/aromatic N) is 1. The van der Waals surface area contributed by atoms with Crippen LogP contribution >= 0.6 is 0 Å². The van der Waals surface area contributed by atoms with Crippen molar-refractivity contribution in [3.05, 3.63) is 71.4 Å². The first-order valence-corrected chi connectivity index (χ1v) is 14.2. The van der Waals surface area contributed by atoms with Gasteiger partial charge in [-0.25, -0.2) is 4.79 Å². The number of benzene rings is 2. The minimum atomic E-state index is -1.28. The van der Waals surface area contributed by atoms with Gasteiger partial charge in [-0.2, -0.15) is 0 Å². The van der Waals surface area contributed by atoms with Crippen molar-refractivity contribution in [1.29, 1.82) is 0 Å². The molecule has 2 aromatic carbocycles. The van der Waals surface area contributed by atoms with Crippen LogP contribution in [0.25, 0.3) is 0 Å². The Hall–Kier alpha value is -3.17. The smallest absolute Gasteiger partial charge is 0.335 e. The fraction of sp³-hybridized carbons (Fsp3) is 0.448. The van der Waals surface area contributed by atoms with E-state index in [1.54, 1.807) is 27.3 Å². The van der Waals surface area contributed by atoms with E-state index >= 15 is 0 Å². The zero-order chi connectivity index (χ0) is 27.8. The summed E-state index contributed by atoms with van der Waals surface area (Å²) in [7, 11) is 3.18. The highest BCUT2D eigenvalue weighted by Crippen LogP contribution is 2.27. The van der Waals surface area contributed by atoms with E-state index in [1.165, 1.54) is 12.0 Å². The summed E-state index contributed by atoms with van der Waals surface area (Å²) in [5, 5.41) is 0. The van der Waals surface area contributed by atoms with Crippen molar-refractivity contribution in [3.8, 4) is 11.5 Å². The lowest BCUT2D eigenvalue weighted by Crippen LogP contribution is -2.33. The molecule has 0 aliphatic rings. The lowest BCUT2D eigenvalue weighted by atomic mass is 10.1. The molecule has 1 unspecified atom stereocenters. The van der Waals surface area contributed by atoms with E-state index in [9.17, 15) is 13.8 Å². The first kappa shape index (κ1) is 31.1. The topological polar surface area (TPSA) is 91.4 Å². The molecule has 0 saturated carbocycles. The number of ether oxygens (including phenoxy) is 4. The maximum Gasteiger partial charge on any atom is 0.335 e. The van der Waals surface area contributed by atoms with Crippen LogP contribution in [-0.4, -0.2) is 67.0 Å². The van der Waals surface area contributed by atoms with Crippen LogP contribution in [0.15, 0.2) is 60.3 Å². The first-order valence-electron chi connectivity index (χ1n) is 12.7. The summed E-state index contributed by atoms with van der Waals surface area (Å²) in [6.45, 7) is 3.16. The maximum absolute atomic E-state index is 13.0. The quantitative estimate of drug-likeness (QED) is 0.166. The molecule has 0 saturated heterocycles. The van der Waals surface area contributed by atoms with Crippen LogP contribution in [0.5, 0.6) is 11.5 Å². The number of carbonyl (C=O) groups is 2. The predicted molar refractivity (Wildman–Crippen MR) is 149 cm³/mol. The summed E-state index contributed by atoms with van der Waals surface area (Å²) in [6.07, 6.45) is 3.92. The van der Waals surface area contributed by atoms with E-state index in [4.69, 9.17) is 18.9 Å². The van der Waals surface area contributed by atoms with E-state index in [1.807, 2.05) is 48.5 Å². The maximum atomic E-state index is 13.0. The highest BCUT2D eigenvalue weighted by molar-refractivity contribution is 7.85. The zero-order valence-corrected chi connectivity index (χ0v) is 23.6. The second kappa shape index (κ2) is 17.4. The van der Waals surface area contributed by atoms with Gasteiger partial charge in [0.2, 0.25) is 5.91 Å². The molecule has 1 atom stereocenters. The summed E-state index contributed by atoms with van der Waals surface area (Å²) in [5.41, 5.74) is 2.43. The molecule has 0 aliphatic heterocycles. The Balaban J connectivity index is 2.07. The summed E-state index contributed by atoms with van der Waals surface area (Å²) in [5.74, 6) is 0.680. The molecule has 0 N–H and O–H groups in total.